The molecule has 0 saturated heterocycles. The number of hydrogen-bond acceptors (Lipinski definition) is 8. The summed E-state index contributed by atoms with van der Waals surface area (Å²) in [6.07, 6.45) is 2.58. The van der Waals surface area contributed by atoms with Gasteiger partial charge in [-0.1, -0.05) is 12.1 Å². The van der Waals surface area contributed by atoms with E-state index in [-0.39, 0.29) is 22.2 Å². The maximum Gasteiger partial charge on any atom is 0.269 e. The van der Waals surface area contributed by atoms with Crippen LogP contribution in [-0.2, 0) is 17.1 Å². The van der Waals surface area contributed by atoms with Crippen LogP contribution < -0.4 is 10.0 Å². The van der Waals surface area contributed by atoms with E-state index in [0.717, 1.165) is 0 Å². The predicted molar refractivity (Wildman–Crippen MR) is 110 cm³/mol. The molecule has 2 heterocycles. The van der Waals surface area contributed by atoms with Gasteiger partial charge in [-0.25, -0.2) is 18.4 Å². The molecular weight excluding hydrogens is 410 g/mol. The van der Waals surface area contributed by atoms with E-state index in [1.54, 1.807) is 31.3 Å². The lowest BCUT2D eigenvalue weighted by Gasteiger charge is -2.13. The molecule has 2 aromatic carbocycles. The van der Waals surface area contributed by atoms with Gasteiger partial charge in [0, 0.05) is 31.1 Å². The third-order valence-electron chi connectivity index (χ3n) is 4.13. The highest BCUT2D eigenvalue weighted by Crippen LogP contribution is 2.27. The van der Waals surface area contributed by atoms with E-state index in [1.165, 1.54) is 41.3 Å². The number of sulfonamides is 1. The lowest BCUT2D eigenvalue weighted by molar-refractivity contribution is -0.384. The highest BCUT2D eigenvalue weighted by molar-refractivity contribution is 7.92. The molecule has 11 nitrogen and oxygen atoms in total. The first-order valence-corrected chi connectivity index (χ1v) is 10.1. The second-order valence-corrected chi connectivity index (χ2v) is 7.98. The summed E-state index contributed by atoms with van der Waals surface area (Å²) < 4.78 is 29.3. The van der Waals surface area contributed by atoms with Crippen LogP contribution in [0, 0.1) is 10.1 Å². The molecule has 0 spiro atoms. The van der Waals surface area contributed by atoms with Crippen molar-refractivity contribution in [2.24, 2.45) is 7.05 Å². The van der Waals surface area contributed by atoms with Crippen molar-refractivity contribution >= 4 is 44.1 Å². The maximum absolute atomic E-state index is 12.7. The van der Waals surface area contributed by atoms with Gasteiger partial charge in [-0.2, -0.15) is 5.10 Å². The largest absolute Gasteiger partial charge is 0.337 e. The van der Waals surface area contributed by atoms with E-state index in [2.05, 4.69) is 25.1 Å². The third kappa shape index (κ3) is 3.89. The molecule has 4 rings (SSSR count). The lowest BCUT2D eigenvalue weighted by Crippen LogP contribution is -2.15. The van der Waals surface area contributed by atoms with Crippen LogP contribution in [0.3, 0.4) is 0 Å². The fourth-order valence-electron chi connectivity index (χ4n) is 2.69. The zero-order chi connectivity index (χ0) is 21.3. The average molecular weight is 425 g/mol. The smallest absolute Gasteiger partial charge is 0.269 e. The Morgan fingerprint density at radius 2 is 1.63 bits per heavy atom. The first-order valence-electron chi connectivity index (χ1n) is 8.61. The molecule has 30 heavy (non-hydrogen) atoms. The third-order valence-corrected chi connectivity index (χ3v) is 5.43. The van der Waals surface area contributed by atoms with Crippen molar-refractivity contribution in [2.75, 3.05) is 10.0 Å². The molecule has 2 N–H and O–H groups in total. The Kier molecular flexibility index (Phi) is 4.75. The number of non-ortho nitro benzene ring substituents is 1. The molecule has 152 valence electrons. The van der Waals surface area contributed by atoms with Gasteiger partial charge in [0.05, 0.1) is 22.2 Å². The molecule has 0 saturated carbocycles. The number of aromatic nitrogens is 4. The number of fused-ring (bicyclic) bond motifs is 1. The number of anilines is 3. The lowest BCUT2D eigenvalue weighted by atomic mass is 10.2. The zero-order valence-electron chi connectivity index (χ0n) is 15.6. The molecule has 0 fully saturated rings. The van der Waals surface area contributed by atoms with Crippen molar-refractivity contribution in [1.82, 2.24) is 19.7 Å². The van der Waals surface area contributed by atoms with E-state index >= 15 is 0 Å². The van der Waals surface area contributed by atoms with Crippen LogP contribution in [-0.4, -0.2) is 33.1 Å². The first-order chi connectivity index (χ1) is 14.3. The first kappa shape index (κ1) is 19.3. The normalized spacial score (nSPS) is 11.4. The van der Waals surface area contributed by atoms with Crippen LogP contribution in [0.1, 0.15) is 0 Å². The Balaban J connectivity index is 1.74. The van der Waals surface area contributed by atoms with E-state index in [4.69, 9.17) is 0 Å². The van der Waals surface area contributed by atoms with Crippen LogP contribution in [0.15, 0.2) is 65.8 Å². The van der Waals surface area contributed by atoms with Crippen molar-refractivity contribution in [3.8, 4) is 0 Å². The van der Waals surface area contributed by atoms with Crippen molar-refractivity contribution in [1.29, 1.82) is 0 Å². The van der Waals surface area contributed by atoms with E-state index in [1.807, 2.05) is 0 Å². The Labute approximate surface area is 170 Å². The van der Waals surface area contributed by atoms with Crippen molar-refractivity contribution in [3.63, 3.8) is 0 Å². The summed E-state index contributed by atoms with van der Waals surface area (Å²) in [4.78, 5) is 19.1. The molecule has 0 bridgehead atoms. The molecule has 2 aromatic heterocycles. The number of para-hydroxylation sites is 2. The Bertz CT molecular complexity index is 1350. The van der Waals surface area contributed by atoms with Crippen LogP contribution in [0.5, 0.6) is 0 Å². The summed E-state index contributed by atoms with van der Waals surface area (Å²) in [5.41, 5.74) is 1.46. The minimum atomic E-state index is -3.96. The second-order valence-electron chi connectivity index (χ2n) is 6.29. The molecular formula is C18H15N7O4S. The highest BCUT2D eigenvalue weighted by atomic mass is 32.2. The number of aryl methyl sites for hydroxylation is 1. The van der Waals surface area contributed by atoms with Gasteiger partial charge in [0.1, 0.15) is 4.90 Å². The number of rotatable bonds is 6. The van der Waals surface area contributed by atoms with Gasteiger partial charge in [0.25, 0.3) is 15.7 Å². The summed E-state index contributed by atoms with van der Waals surface area (Å²) in [7, 11) is -2.35. The molecule has 4 aromatic rings. The number of nitrogens with one attached hydrogen (secondary N) is 2. The summed E-state index contributed by atoms with van der Waals surface area (Å²) in [5, 5.41) is 17.7. The number of benzene rings is 2. The molecule has 0 radical (unpaired) electrons. The van der Waals surface area contributed by atoms with E-state index in [0.29, 0.717) is 16.7 Å². The van der Waals surface area contributed by atoms with Crippen LogP contribution in [0.2, 0.25) is 0 Å². The van der Waals surface area contributed by atoms with Gasteiger partial charge in [0.15, 0.2) is 11.6 Å². The minimum absolute atomic E-state index is 0.0177. The van der Waals surface area contributed by atoms with E-state index < -0.39 is 14.9 Å². The molecule has 0 unspecified atom stereocenters. The van der Waals surface area contributed by atoms with Crippen molar-refractivity contribution in [2.45, 2.75) is 4.90 Å². The number of nitrogens with zero attached hydrogens (tertiary/aromatic N) is 5. The minimum Gasteiger partial charge on any atom is -0.337 e. The number of nitro benzene ring substituents is 1. The van der Waals surface area contributed by atoms with Crippen LogP contribution in [0.4, 0.5) is 23.0 Å². The quantitative estimate of drug-likeness (QED) is 0.354. The molecule has 0 aliphatic heterocycles. The van der Waals surface area contributed by atoms with Gasteiger partial charge in [0.2, 0.25) is 0 Å². The summed E-state index contributed by atoms with van der Waals surface area (Å²) in [5.74, 6) is 0.130. The fourth-order valence-corrected chi connectivity index (χ4v) is 3.68. The SMILES string of the molecule is Cn1cc(S(=O)(=O)Nc2nc3ccccc3nc2Nc2ccc([N+](=O)[O-])cc2)cn1. The van der Waals surface area contributed by atoms with Crippen molar-refractivity contribution < 1.29 is 13.3 Å². The summed E-state index contributed by atoms with van der Waals surface area (Å²) in [6, 6.07) is 12.6. The number of hydrogen-bond donors (Lipinski definition) is 2. The second kappa shape index (κ2) is 7.40. The monoisotopic (exact) mass is 425 g/mol. The molecule has 0 aliphatic rings. The average Bonchev–Trinajstić information content (AvgIpc) is 3.16. The topological polar surface area (TPSA) is 145 Å². The highest BCUT2D eigenvalue weighted by Gasteiger charge is 2.20. The standard InChI is InChI=1S/C18H15N7O4S/c1-24-11-14(10-19-24)30(28,29)23-18-17(21-15-4-2-3-5-16(15)22-18)20-12-6-8-13(9-7-12)25(26)27/h2-11H,1H3,(H,20,21)(H,22,23). The Morgan fingerprint density at radius 1 is 1.00 bits per heavy atom. The summed E-state index contributed by atoms with van der Waals surface area (Å²) >= 11 is 0. The van der Waals surface area contributed by atoms with Gasteiger partial charge < -0.3 is 5.32 Å². The van der Waals surface area contributed by atoms with Crippen LogP contribution in [0.25, 0.3) is 11.0 Å². The van der Waals surface area contributed by atoms with Gasteiger partial charge in [-0.15, -0.1) is 0 Å². The maximum atomic E-state index is 12.7. The summed E-state index contributed by atoms with van der Waals surface area (Å²) in [6.45, 7) is 0. The zero-order valence-corrected chi connectivity index (χ0v) is 16.4. The fraction of sp³-hybridized carbons (Fsp3) is 0.0556. The van der Waals surface area contributed by atoms with E-state index in [9.17, 15) is 18.5 Å². The molecule has 12 heteroatoms. The number of nitro groups is 1. The van der Waals surface area contributed by atoms with Gasteiger partial charge in [-0.05, 0) is 24.3 Å². The predicted octanol–water partition coefficient (Wildman–Crippen LogP) is 2.82. The van der Waals surface area contributed by atoms with Crippen LogP contribution >= 0.6 is 0 Å². The Hall–Kier alpha value is -4.06. The van der Waals surface area contributed by atoms with Gasteiger partial charge >= 0.3 is 0 Å². The van der Waals surface area contributed by atoms with Gasteiger partial charge in [-0.3, -0.25) is 19.5 Å². The Morgan fingerprint density at radius 3 is 2.20 bits per heavy atom. The molecule has 0 atom stereocenters. The molecule has 0 aliphatic carbocycles. The molecule has 0 amide bonds. The van der Waals surface area contributed by atoms with Crippen molar-refractivity contribution in [3.05, 3.63) is 71.0 Å².